The fraction of sp³-hybridized carbons (Fsp3) is 0.857. The molecule has 1 aliphatic rings. The predicted molar refractivity (Wildman–Crippen MR) is 77.7 cm³/mol. The van der Waals surface area contributed by atoms with Crippen molar-refractivity contribution in [3.63, 3.8) is 0 Å². The highest BCUT2D eigenvalue weighted by Gasteiger charge is 2.44. The van der Waals surface area contributed by atoms with Crippen LogP contribution in [0.15, 0.2) is 0 Å². The predicted octanol–water partition coefficient (Wildman–Crippen LogP) is 1.22. The SMILES string of the molecule is CC(CNC(=O)N1CCCC(C)(C)C1C(=O)O)N(C)C. The van der Waals surface area contributed by atoms with Gasteiger partial charge in [-0.3, -0.25) is 0 Å². The van der Waals surface area contributed by atoms with Crippen LogP contribution in [0.25, 0.3) is 0 Å². The maximum atomic E-state index is 12.3. The second-order valence-corrected chi connectivity index (χ2v) is 6.52. The van der Waals surface area contributed by atoms with Crippen molar-refractivity contribution in [2.24, 2.45) is 5.41 Å². The minimum absolute atomic E-state index is 0.208. The number of rotatable bonds is 4. The van der Waals surface area contributed by atoms with Gasteiger partial charge in [0.15, 0.2) is 0 Å². The zero-order valence-corrected chi connectivity index (χ0v) is 13.1. The Labute approximate surface area is 121 Å². The molecule has 20 heavy (non-hydrogen) atoms. The number of carboxylic acids is 1. The molecule has 2 unspecified atom stereocenters. The summed E-state index contributed by atoms with van der Waals surface area (Å²) in [5.74, 6) is -0.925. The van der Waals surface area contributed by atoms with Crippen molar-refractivity contribution in [3.05, 3.63) is 0 Å². The van der Waals surface area contributed by atoms with Crippen molar-refractivity contribution in [3.8, 4) is 0 Å². The van der Waals surface area contributed by atoms with Gasteiger partial charge < -0.3 is 20.2 Å². The van der Waals surface area contributed by atoms with Gasteiger partial charge >= 0.3 is 12.0 Å². The van der Waals surface area contributed by atoms with Crippen LogP contribution in [0.1, 0.15) is 33.6 Å². The second kappa shape index (κ2) is 6.43. The minimum Gasteiger partial charge on any atom is -0.480 e. The first-order valence-electron chi connectivity index (χ1n) is 7.10. The van der Waals surface area contributed by atoms with Crippen LogP contribution in [0, 0.1) is 5.41 Å². The number of piperidine rings is 1. The first kappa shape index (κ1) is 16.8. The molecular formula is C14H27N3O3. The molecule has 0 aromatic heterocycles. The Morgan fingerprint density at radius 2 is 2.05 bits per heavy atom. The molecule has 116 valence electrons. The van der Waals surface area contributed by atoms with Crippen molar-refractivity contribution < 1.29 is 14.7 Å². The second-order valence-electron chi connectivity index (χ2n) is 6.52. The monoisotopic (exact) mass is 285 g/mol. The smallest absolute Gasteiger partial charge is 0.327 e. The maximum absolute atomic E-state index is 12.3. The van der Waals surface area contributed by atoms with E-state index >= 15 is 0 Å². The van der Waals surface area contributed by atoms with Crippen LogP contribution in [-0.4, -0.2) is 66.2 Å². The van der Waals surface area contributed by atoms with Gasteiger partial charge in [0, 0.05) is 19.1 Å². The molecule has 0 bridgehead atoms. The third kappa shape index (κ3) is 3.85. The summed E-state index contributed by atoms with van der Waals surface area (Å²) in [4.78, 5) is 27.2. The standard InChI is InChI=1S/C14H27N3O3/c1-10(16(4)5)9-15-13(20)17-8-6-7-14(2,3)11(17)12(18)19/h10-11H,6-9H2,1-5H3,(H,15,20)(H,18,19). The summed E-state index contributed by atoms with van der Waals surface area (Å²) < 4.78 is 0. The Bertz CT molecular complexity index is 369. The quantitative estimate of drug-likeness (QED) is 0.814. The number of carbonyl (C=O) groups excluding carboxylic acids is 1. The number of likely N-dealkylation sites (N-methyl/N-ethyl adjacent to an activating group) is 1. The minimum atomic E-state index is -0.925. The highest BCUT2D eigenvalue weighted by atomic mass is 16.4. The van der Waals surface area contributed by atoms with E-state index in [1.54, 1.807) is 0 Å². The fourth-order valence-electron chi connectivity index (χ4n) is 2.60. The van der Waals surface area contributed by atoms with Gasteiger partial charge in [0.05, 0.1) is 0 Å². The number of hydrogen-bond donors (Lipinski definition) is 2. The third-order valence-corrected chi connectivity index (χ3v) is 4.20. The lowest BCUT2D eigenvalue weighted by Crippen LogP contribution is -2.59. The van der Waals surface area contributed by atoms with Gasteiger partial charge in [-0.15, -0.1) is 0 Å². The van der Waals surface area contributed by atoms with Crippen LogP contribution < -0.4 is 5.32 Å². The average Bonchev–Trinajstić information content (AvgIpc) is 2.33. The number of likely N-dealkylation sites (tertiary alicyclic amines) is 1. The van der Waals surface area contributed by atoms with Crippen LogP contribution in [0.3, 0.4) is 0 Å². The van der Waals surface area contributed by atoms with Gasteiger partial charge in [0.2, 0.25) is 0 Å². The molecule has 0 aromatic rings. The lowest BCUT2D eigenvalue weighted by Gasteiger charge is -2.43. The molecular weight excluding hydrogens is 258 g/mol. The highest BCUT2D eigenvalue weighted by Crippen LogP contribution is 2.35. The summed E-state index contributed by atoms with van der Waals surface area (Å²) in [5, 5.41) is 12.3. The van der Waals surface area contributed by atoms with Crippen LogP contribution in [-0.2, 0) is 4.79 Å². The molecule has 0 spiro atoms. The number of carbonyl (C=O) groups is 2. The van der Waals surface area contributed by atoms with Crippen molar-refractivity contribution in [1.82, 2.24) is 15.1 Å². The van der Waals surface area contributed by atoms with Crippen molar-refractivity contribution in [2.75, 3.05) is 27.2 Å². The number of hydrogen-bond acceptors (Lipinski definition) is 3. The van der Waals surface area contributed by atoms with E-state index in [1.807, 2.05) is 39.8 Å². The Hall–Kier alpha value is -1.30. The van der Waals surface area contributed by atoms with Crippen LogP contribution in [0.2, 0.25) is 0 Å². The summed E-state index contributed by atoms with van der Waals surface area (Å²) in [6, 6.07) is -0.829. The lowest BCUT2D eigenvalue weighted by atomic mass is 9.76. The van der Waals surface area contributed by atoms with Crippen molar-refractivity contribution >= 4 is 12.0 Å². The van der Waals surface area contributed by atoms with E-state index in [1.165, 1.54) is 4.90 Å². The van der Waals surface area contributed by atoms with E-state index in [2.05, 4.69) is 5.32 Å². The zero-order valence-electron chi connectivity index (χ0n) is 13.1. The summed E-state index contributed by atoms with van der Waals surface area (Å²) in [5.41, 5.74) is -0.394. The first-order chi connectivity index (χ1) is 9.16. The topological polar surface area (TPSA) is 72.9 Å². The van der Waals surface area contributed by atoms with Crippen LogP contribution in [0.5, 0.6) is 0 Å². The van der Waals surface area contributed by atoms with Gasteiger partial charge in [-0.25, -0.2) is 9.59 Å². The molecule has 1 fully saturated rings. The lowest BCUT2D eigenvalue weighted by molar-refractivity contribution is -0.148. The fourth-order valence-corrected chi connectivity index (χ4v) is 2.60. The third-order valence-electron chi connectivity index (χ3n) is 4.20. The molecule has 6 heteroatoms. The first-order valence-corrected chi connectivity index (χ1v) is 7.10. The van der Waals surface area contributed by atoms with Crippen molar-refractivity contribution in [2.45, 2.75) is 45.7 Å². The van der Waals surface area contributed by atoms with E-state index < -0.39 is 17.4 Å². The van der Waals surface area contributed by atoms with Gasteiger partial charge in [-0.05, 0) is 39.3 Å². The summed E-state index contributed by atoms with van der Waals surface area (Å²) in [6.07, 6.45) is 1.66. The largest absolute Gasteiger partial charge is 0.480 e. The van der Waals surface area contributed by atoms with Gasteiger partial charge in [0.1, 0.15) is 6.04 Å². The molecule has 1 saturated heterocycles. The number of urea groups is 1. The van der Waals surface area contributed by atoms with Gasteiger partial charge in [-0.2, -0.15) is 0 Å². The number of amides is 2. The van der Waals surface area contributed by atoms with Crippen LogP contribution >= 0.6 is 0 Å². The molecule has 0 aliphatic carbocycles. The van der Waals surface area contributed by atoms with E-state index in [0.29, 0.717) is 13.1 Å². The van der Waals surface area contributed by atoms with E-state index in [0.717, 1.165) is 12.8 Å². The molecule has 6 nitrogen and oxygen atoms in total. The number of aliphatic carboxylic acids is 1. The molecule has 2 N–H and O–H groups in total. The Balaban J connectivity index is 2.72. The normalized spacial score (nSPS) is 23.5. The molecule has 1 rings (SSSR count). The number of carboxylic acid groups (broad SMARTS) is 1. The maximum Gasteiger partial charge on any atom is 0.327 e. The molecule has 1 aliphatic heterocycles. The van der Waals surface area contributed by atoms with Gasteiger partial charge in [-0.1, -0.05) is 13.8 Å². The number of nitrogens with zero attached hydrogens (tertiary/aromatic N) is 2. The summed E-state index contributed by atoms with van der Waals surface area (Å²) >= 11 is 0. The molecule has 0 saturated carbocycles. The Kier molecular flexibility index (Phi) is 5.39. The molecule has 2 amide bonds. The Morgan fingerprint density at radius 1 is 1.45 bits per heavy atom. The average molecular weight is 285 g/mol. The van der Waals surface area contributed by atoms with E-state index in [4.69, 9.17) is 0 Å². The van der Waals surface area contributed by atoms with E-state index in [-0.39, 0.29) is 12.1 Å². The Morgan fingerprint density at radius 3 is 2.55 bits per heavy atom. The molecule has 0 radical (unpaired) electrons. The summed E-state index contributed by atoms with van der Waals surface area (Å²) in [6.45, 7) is 6.84. The highest BCUT2D eigenvalue weighted by molar-refractivity contribution is 5.83. The molecule has 1 heterocycles. The molecule has 2 atom stereocenters. The zero-order chi connectivity index (χ0) is 15.5. The van der Waals surface area contributed by atoms with Crippen molar-refractivity contribution in [1.29, 1.82) is 0 Å². The summed E-state index contributed by atoms with van der Waals surface area (Å²) in [7, 11) is 3.89. The van der Waals surface area contributed by atoms with Crippen LogP contribution in [0.4, 0.5) is 4.79 Å². The van der Waals surface area contributed by atoms with Gasteiger partial charge in [0.25, 0.3) is 0 Å². The molecule has 0 aromatic carbocycles. The van der Waals surface area contributed by atoms with E-state index in [9.17, 15) is 14.7 Å². The number of nitrogens with one attached hydrogen (secondary N) is 1.